The van der Waals surface area contributed by atoms with Crippen LogP contribution in [0.1, 0.15) is 0 Å². The van der Waals surface area contributed by atoms with Crippen molar-refractivity contribution in [2.75, 3.05) is 6.16 Å². The molecule has 0 aliphatic heterocycles. The molecule has 0 aliphatic carbocycles. The third kappa shape index (κ3) is 4.23. The Bertz CT molecular complexity index is 737. The van der Waals surface area contributed by atoms with Gasteiger partial charge in [0.05, 0.1) is 14.2 Å². The van der Waals surface area contributed by atoms with Gasteiger partial charge in [-0.1, -0.05) is 86.0 Å². The minimum absolute atomic E-state index is 1.08. The molecule has 0 heterocycles. The fraction of sp³-hybridized carbons (Fsp3) is 0.167. The van der Waals surface area contributed by atoms with Crippen LogP contribution >= 0.6 is 7.26 Å². The van der Waals surface area contributed by atoms with Crippen LogP contribution in [0.25, 0.3) is 0 Å². The van der Waals surface area contributed by atoms with Gasteiger partial charge in [0.1, 0.15) is 23.2 Å². The first-order valence-corrected chi connectivity index (χ1v) is 14.8. The van der Waals surface area contributed by atoms with Gasteiger partial charge in [0, 0.05) is 0 Å². The summed E-state index contributed by atoms with van der Waals surface area (Å²) in [4.78, 5) is 0. The highest BCUT2D eigenvalue weighted by Gasteiger charge is 2.44. The van der Waals surface area contributed by atoms with Crippen LogP contribution in [-0.2, 0) is 0 Å². The first-order valence-electron chi connectivity index (χ1n) is 9.25. The summed E-state index contributed by atoms with van der Waals surface area (Å²) in [6.07, 6.45) is 3.54. The van der Waals surface area contributed by atoms with Crippen molar-refractivity contribution in [3.63, 3.8) is 0 Å². The topological polar surface area (TPSA) is 0 Å². The first kappa shape index (κ1) is 18.8. The standard InChI is InChI=1S/C24H28PSi/c1-26(2,3)21-13-20-25(22-14-7-4-8-15-22,23-16-9-5-10-17-23)24-18-11-6-12-19-24/h4-19,21H,20H2,1-3H3/q+1/b21-13+. The predicted molar refractivity (Wildman–Crippen MR) is 123 cm³/mol. The van der Waals surface area contributed by atoms with Crippen molar-refractivity contribution in [2.45, 2.75) is 19.6 Å². The van der Waals surface area contributed by atoms with Gasteiger partial charge in [0.25, 0.3) is 0 Å². The Hall–Kier alpha value is -1.95. The van der Waals surface area contributed by atoms with Crippen molar-refractivity contribution in [3.05, 3.63) is 103 Å². The molecule has 2 heteroatoms. The number of rotatable bonds is 6. The molecule has 0 aromatic heterocycles. The van der Waals surface area contributed by atoms with E-state index >= 15 is 0 Å². The minimum atomic E-state index is -1.70. The highest BCUT2D eigenvalue weighted by molar-refractivity contribution is 7.95. The van der Waals surface area contributed by atoms with E-state index in [1.54, 1.807) is 0 Å². The van der Waals surface area contributed by atoms with Crippen molar-refractivity contribution in [3.8, 4) is 0 Å². The van der Waals surface area contributed by atoms with Crippen LogP contribution < -0.4 is 15.9 Å². The molecule has 0 spiro atoms. The van der Waals surface area contributed by atoms with Crippen LogP contribution in [0.3, 0.4) is 0 Å². The summed E-state index contributed by atoms with van der Waals surface area (Å²) in [6, 6.07) is 33.3. The van der Waals surface area contributed by atoms with Crippen molar-refractivity contribution in [1.29, 1.82) is 0 Å². The summed E-state index contributed by atoms with van der Waals surface area (Å²) >= 11 is 0. The number of hydrogen-bond donors (Lipinski definition) is 0. The SMILES string of the molecule is C[Si](C)(C)/C=C/C[P+](c1ccccc1)(c1ccccc1)c1ccccc1. The molecular weight excluding hydrogens is 347 g/mol. The Morgan fingerprint density at radius 1 is 0.615 bits per heavy atom. The first-order chi connectivity index (χ1) is 12.5. The average molecular weight is 376 g/mol. The van der Waals surface area contributed by atoms with E-state index in [0.717, 1.165) is 6.16 Å². The van der Waals surface area contributed by atoms with Gasteiger partial charge >= 0.3 is 0 Å². The summed E-state index contributed by atoms with van der Waals surface area (Å²) in [5, 5.41) is 4.37. The van der Waals surface area contributed by atoms with Crippen molar-refractivity contribution in [2.24, 2.45) is 0 Å². The van der Waals surface area contributed by atoms with E-state index in [4.69, 9.17) is 0 Å². The van der Waals surface area contributed by atoms with Crippen LogP contribution in [-0.4, -0.2) is 14.2 Å². The molecule has 26 heavy (non-hydrogen) atoms. The van der Waals surface area contributed by atoms with Gasteiger partial charge in [-0.3, -0.25) is 0 Å². The van der Waals surface area contributed by atoms with E-state index in [-0.39, 0.29) is 0 Å². The highest BCUT2D eigenvalue weighted by atomic mass is 31.2. The van der Waals surface area contributed by atoms with E-state index in [1.807, 2.05) is 0 Å². The quantitative estimate of drug-likeness (QED) is 0.399. The molecule has 0 unspecified atom stereocenters. The second-order valence-corrected chi connectivity index (χ2v) is 16.4. The largest absolute Gasteiger partial charge is 0.115 e. The maximum atomic E-state index is 2.50. The predicted octanol–water partition coefficient (Wildman–Crippen LogP) is 5.41. The zero-order chi connectivity index (χ0) is 18.5. The van der Waals surface area contributed by atoms with Gasteiger partial charge in [-0.25, -0.2) is 0 Å². The van der Waals surface area contributed by atoms with Crippen LogP contribution in [0.4, 0.5) is 0 Å². The van der Waals surface area contributed by atoms with Crippen LogP contribution in [0.2, 0.25) is 19.6 Å². The fourth-order valence-electron chi connectivity index (χ4n) is 3.38. The monoisotopic (exact) mass is 375 g/mol. The third-order valence-electron chi connectivity index (χ3n) is 4.59. The molecule has 0 N–H and O–H groups in total. The van der Waals surface area contributed by atoms with Crippen LogP contribution in [0.5, 0.6) is 0 Å². The molecule has 0 amide bonds. The summed E-state index contributed by atoms with van der Waals surface area (Å²) < 4.78 is 0. The number of benzene rings is 3. The summed E-state index contributed by atoms with van der Waals surface area (Å²) in [5.74, 6) is 0. The zero-order valence-electron chi connectivity index (χ0n) is 16.0. The summed E-state index contributed by atoms with van der Waals surface area (Å²) in [7, 11) is -2.93. The average Bonchev–Trinajstić information content (AvgIpc) is 2.67. The lowest BCUT2D eigenvalue weighted by Gasteiger charge is -2.27. The van der Waals surface area contributed by atoms with Crippen LogP contribution in [0.15, 0.2) is 103 Å². The molecule has 3 aromatic rings. The normalized spacial score (nSPS) is 12.4. The molecular formula is C24H28PSi+. The van der Waals surface area contributed by atoms with Gasteiger partial charge in [-0.15, -0.1) is 0 Å². The Kier molecular flexibility index (Phi) is 5.91. The van der Waals surface area contributed by atoms with Crippen molar-refractivity contribution < 1.29 is 0 Å². The molecule has 0 fully saturated rings. The number of allylic oxidation sites excluding steroid dienone is 1. The summed E-state index contributed by atoms with van der Waals surface area (Å²) in [5.41, 5.74) is 2.50. The Balaban J connectivity index is 2.23. The highest BCUT2D eigenvalue weighted by Crippen LogP contribution is 2.55. The number of hydrogen-bond acceptors (Lipinski definition) is 0. The fourth-order valence-corrected chi connectivity index (χ4v) is 8.39. The van der Waals surface area contributed by atoms with Gasteiger partial charge in [-0.2, -0.15) is 0 Å². The van der Waals surface area contributed by atoms with Gasteiger partial charge < -0.3 is 0 Å². The molecule has 0 aliphatic rings. The van der Waals surface area contributed by atoms with E-state index in [2.05, 4.69) is 122 Å². The molecule has 0 nitrogen and oxygen atoms in total. The molecule has 132 valence electrons. The van der Waals surface area contributed by atoms with Gasteiger partial charge in [0.15, 0.2) is 0 Å². The molecule has 3 rings (SSSR count). The maximum Gasteiger partial charge on any atom is 0.115 e. The maximum absolute atomic E-state index is 2.50. The summed E-state index contributed by atoms with van der Waals surface area (Å²) in [6.45, 7) is 7.20. The second kappa shape index (κ2) is 8.16. The van der Waals surface area contributed by atoms with Gasteiger partial charge in [0.2, 0.25) is 0 Å². The smallest absolute Gasteiger partial charge is 0.0953 e. The third-order valence-corrected chi connectivity index (χ3v) is 10.1. The van der Waals surface area contributed by atoms with E-state index < -0.39 is 15.3 Å². The van der Waals surface area contributed by atoms with Crippen LogP contribution in [0, 0.1) is 0 Å². The molecule has 0 radical (unpaired) electrons. The van der Waals surface area contributed by atoms with E-state index in [1.165, 1.54) is 15.9 Å². The van der Waals surface area contributed by atoms with Gasteiger partial charge in [-0.05, 0) is 36.4 Å². The Morgan fingerprint density at radius 2 is 0.962 bits per heavy atom. The van der Waals surface area contributed by atoms with E-state index in [9.17, 15) is 0 Å². The lowest BCUT2D eigenvalue weighted by molar-refractivity contribution is 1.64. The molecule has 0 saturated carbocycles. The zero-order valence-corrected chi connectivity index (χ0v) is 17.9. The lowest BCUT2D eigenvalue weighted by atomic mass is 10.4. The molecule has 3 aromatic carbocycles. The minimum Gasteiger partial charge on any atom is -0.0953 e. The van der Waals surface area contributed by atoms with Crippen molar-refractivity contribution >= 4 is 31.2 Å². The Labute approximate surface area is 160 Å². The molecule has 0 saturated heterocycles. The Morgan fingerprint density at radius 3 is 1.27 bits per heavy atom. The molecule has 0 bridgehead atoms. The molecule has 0 atom stereocenters. The van der Waals surface area contributed by atoms with Crippen molar-refractivity contribution in [1.82, 2.24) is 0 Å². The van der Waals surface area contributed by atoms with E-state index in [0.29, 0.717) is 0 Å². The second-order valence-electron chi connectivity index (χ2n) is 7.77. The lowest BCUT2D eigenvalue weighted by Crippen LogP contribution is -2.33.